The van der Waals surface area contributed by atoms with Crippen LogP contribution in [0, 0.1) is 6.92 Å². The maximum atomic E-state index is 13.6. The topological polar surface area (TPSA) is 37.6 Å². The third kappa shape index (κ3) is 3.77. The van der Waals surface area contributed by atoms with Crippen LogP contribution in [-0.2, 0) is 6.42 Å². The van der Waals surface area contributed by atoms with Gasteiger partial charge in [0.15, 0.2) is 0 Å². The van der Waals surface area contributed by atoms with Crippen molar-refractivity contribution in [2.24, 2.45) is 0 Å². The molecule has 29 heavy (non-hydrogen) atoms. The Labute approximate surface area is 173 Å². The Bertz CT molecular complexity index is 1020. The number of hydrogen-bond acceptors (Lipinski definition) is 2. The van der Waals surface area contributed by atoms with Crippen molar-refractivity contribution < 1.29 is 9.69 Å². The first-order chi connectivity index (χ1) is 14.1. The number of piperazine rings is 1. The van der Waals surface area contributed by atoms with Gasteiger partial charge >= 0.3 is 0 Å². The Balaban J connectivity index is 1.80. The van der Waals surface area contributed by atoms with E-state index in [-0.39, 0.29) is 5.91 Å². The number of nitrogens with one attached hydrogen (secondary N) is 1. The molecule has 4 heteroatoms. The van der Waals surface area contributed by atoms with Crippen LogP contribution in [0.2, 0.25) is 0 Å². The molecule has 0 radical (unpaired) electrons. The Morgan fingerprint density at radius 3 is 2.38 bits per heavy atom. The summed E-state index contributed by atoms with van der Waals surface area (Å²) in [5, 5.41) is 0.953. The van der Waals surface area contributed by atoms with Gasteiger partial charge in [0.05, 0.1) is 49.5 Å². The highest BCUT2D eigenvalue weighted by Crippen LogP contribution is 2.30. The van der Waals surface area contributed by atoms with E-state index in [1.807, 2.05) is 36.1 Å². The van der Waals surface area contributed by atoms with Crippen molar-refractivity contribution >= 4 is 16.8 Å². The number of amides is 1. The highest BCUT2D eigenvalue weighted by molar-refractivity contribution is 6.08. The minimum Gasteiger partial charge on any atom is -0.332 e. The average Bonchev–Trinajstić information content (AvgIpc) is 2.78. The van der Waals surface area contributed by atoms with Crippen LogP contribution in [0.5, 0.6) is 0 Å². The molecular weight excluding hydrogens is 358 g/mol. The fourth-order valence-electron chi connectivity index (χ4n) is 4.30. The molecule has 1 aliphatic rings. The average molecular weight is 389 g/mol. The standard InChI is InChI=1S/C25H29N3O/c1-4-19-10-12-20(13-11-19)24-18(3)23(21-8-6-7-9-22(21)26-24)25(29)28-16-14-27(5-2)15-17-28/h6-13H,4-5,14-17H2,1-3H3/p+1. The lowest BCUT2D eigenvalue weighted by Crippen LogP contribution is -3.14. The van der Waals surface area contributed by atoms with Crippen molar-refractivity contribution in [3.05, 3.63) is 65.2 Å². The summed E-state index contributed by atoms with van der Waals surface area (Å²) in [4.78, 5) is 22.1. The molecule has 1 aliphatic heterocycles. The van der Waals surface area contributed by atoms with Crippen molar-refractivity contribution in [3.8, 4) is 11.3 Å². The van der Waals surface area contributed by atoms with E-state index in [0.717, 1.165) is 72.4 Å². The quantitative estimate of drug-likeness (QED) is 0.746. The number of nitrogens with zero attached hydrogens (tertiary/aromatic N) is 2. The molecule has 1 saturated heterocycles. The minimum atomic E-state index is 0.141. The van der Waals surface area contributed by atoms with E-state index in [4.69, 9.17) is 4.98 Å². The second-order valence-electron chi connectivity index (χ2n) is 7.92. The van der Waals surface area contributed by atoms with Gasteiger partial charge in [-0.25, -0.2) is 4.98 Å². The van der Waals surface area contributed by atoms with Gasteiger partial charge in [-0.15, -0.1) is 0 Å². The van der Waals surface area contributed by atoms with Crippen molar-refractivity contribution in [1.29, 1.82) is 0 Å². The number of pyridine rings is 1. The number of quaternary nitrogens is 1. The number of aryl methyl sites for hydroxylation is 1. The maximum Gasteiger partial charge on any atom is 0.255 e. The highest BCUT2D eigenvalue weighted by Gasteiger charge is 2.27. The van der Waals surface area contributed by atoms with Crippen LogP contribution in [0.3, 0.4) is 0 Å². The van der Waals surface area contributed by atoms with E-state index in [1.165, 1.54) is 5.56 Å². The van der Waals surface area contributed by atoms with Crippen LogP contribution in [0.15, 0.2) is 48.5 Å². The molecule has 0 aliphatic carbocycles. The molecule has 1 aromatic heterocycles. The highest BCUT2D eigenvalue weighted by atomic mass is 16.2. The van der Waals surface area contributed by atoms with E-state index in [0.29, 0.717) is 0 Å². The van der Waals surface area contributed by atoms with Gasteiger partial charge in [-0.05, 0) is 37.5 Å². The SMILES string of the molecule is CCc1ccc(-c2nc3ccccc3c(C(=O)N3CC[NH+](CC)CC3)c2C)cc1. The normalized spacial score (nSPS) is 15.1. The van der Waals surface area contributed by atoms with Crippen molar-refractivity contribution in [2.45, 2.75) is 27.2 Å². The number of rotatable bonds is 4. The van der Waals surface area contributed by atoms with Crippen molar-refractivity contribution in [2.75, 3.05) is 32.7 Å². The van der Waals surface area contributed by atoms with E-state index in [9.17, 15) is 4.79 Å². The van der Waals surface area contributed by atoms with Gasteiger partial charge in [0, 0.05) is 10.9 Å². The summed E-state index contributed by atoms with van der Waals surface area (Å²) in [7, 11) is 0. The molecule has 0 spiro atoms. The number of hydrogen-bond donors (Lipinski definition) is 1. The first-order valence-corrected chi connectivity index (χ1v) is 10.7. The molecule has 0 unspecified atom stereocenters. The zero-order valence-corrected chi connectivity index (χ0v) is 17.7. The molecule has 2 heterocycles. The van der Waals surface area contributed by atoms with Gasteiger partial charge in [0.1, 0.15) is 0 Å². The Morgan fingerprint density at radius 1 is 1.03 bits per heavy atom. The molecule has 150 valence electrons. The fourth-order valence-corrected chi connectivity index (χ4v) is 4.30. The first kappa shape index (κ1) is 19.6. The molecule has 1 amide bonds. The Kier molecular flexibility index (Phi) is 5.63. The molecule has 0 atom stereocenters. The summed E-state index contributed by atoms with van der Waals surface area (Å²) in [6.07, 6.45) is 1.01. The van der Waals surface area contributed by atoms with Crippen molar-refractivity contribution in [1.82, 2.24) is 9.88 Å². The third-order valence-corrected chi connectivity index (χ3v) is 6.24. The summed E-state index contributed by atoms with van der Waals surface area (Å²) < 4.78 is 0. The van der Waals surface area contributed by atoms with Crippen LogP contribution < -0.4 is 4.90 Å². The van der Waals surface area contributed by atoms with Gasteiger partial charge in [0.25, 0.3) is 5.91 Å². The van der Waals surface area contributed by atoms with E-state index in [2.05, 4.69) is 38.1 Å². The van der Waals surface area contributed by atoms with Crippen LogP contribution in [-0.4, -0.2) is 48.5 Å². The lowest BCUT2D eigenvalue weighted by Gasteiger charge is -2.32. The second kappa shape index (κ2) is 8.34. The third-order valence-electron chi connectivity index (χ3n) is 6.24. The van der Waals surface area contributed by atoms with Gasteiger partial charge in [-0.3, -0.25) is 4.79 Å². The molecule has 0 bridgehead atoms. The lowest BCUT2D eigenvalue weighted by molar-refractivity contribution is -0.902. The number of carbonyl (C=O) groups excluding carboxylic acids is 1. The van der Waals surface area contributed by atoms with Crippen LogP contribution in [0.1, 0.15) is 35.3 Å². The molecule has 3 aromatic rings. The molecule has 4 nitrogen and oxygen atoms in total. The minimum absolute atomic E-state index is 0.141. The molecule has 2 aromatic carbocycles. The summed E-state index contributed by atoms with van der Waals surface area (Å²) in [5.74, 6) is 0.141. The zero-order chi connectivity index (χ0) is 20.4. The number of benzene rings is 2. The number of aromatic nitrogens is 1. The number of carbonyl (C=O) groups is 1. The Hall–Kier alpha value is -2.72. The number of fused-ring (bicyclic) bond motifs is 1. The molecule has 1 fully saturated rings. The smallest absolute Gasteiger partial charge is 0.255 e. The molecular formula is C25H30N3O+. The second-order valence-corrected chi connectivity index (χ2v) is 7.92. The summed E-state index contributed by atoms with van der Waals surface area (Å²) in [6.45, 7) is 11.2. The lowest BCUT2D eigenvalue weighted by atomic mass is 9.96. The first-order valence-electron chi connectivity index (χ1n) is 10.7. The predicted molar refractivity (Wildman–Crippen MR) is 118 cm³/mol. The largest absolute Gasteiger partial charge is 0.332 e. The molecule has 0 saturated carbocycles. The summed E-state index contributed by atoms with van der Waals surface area (Å²) >= 11 is 0. The molecule has 1 N–H and O–H groups in total. The zero-order valence-electron chi connectivity index (χ0n) is 17.7. The predicted octanol–water partition coefficient (Wildman–Crippen LogP) is 3.13. The maximum absolute atomic E-state index is 13.6. The van der Waals surface area contributed by atoms with Gasteiger partial charge < -0.3 is 9.80 Å². The van der Waals surface area contributed by atoms with E-state index >= 15 is 0 Å². The number of para-hydroxylation sites is 1. The molecule has 4 rings (SSSR count). The van der Waals surface area contributed by atoms with Gasteiger partial charge in [-0.1, -0.05) is 49.4 Å². The van der Waals surface area contributed by atoms with Crippen LogP contribution in [0.25, 0.3) is 22.2 Å². The monoisotopic (exact) mass is 388 g/mol. The summed E-state index contributed by atoms with van der Waals surface area (Å²) in [5.41, 5.74) is 5.95. The van der Waals surface area contributed by atoms with E-state index < -0.39 is 0 Å². The van der Waals surface area contributed by atoms with Crippen LogP contribution in [0.4, 0.5) is 0 Å². The number of likely N-dealkylation sites (N-methyl/N-ethyl adjacent to an activating group) is 1. The van der Waals surface area contributed by atoms with Gasteiger partial charge in [-0.2, -0.15) is 0 Å². The van der Waals surface area contributed by atoms with Crippen LogP contribution >= 0.6 is 0 Å². The van der Waals surface area contributed by atoms with Crippen molar-refractivity contribution in [3.63, 3.8) is 0 Å². The fraction of sp³-hybridized carbons (Fsp3) is 0.360. The Morgan fingerprint density at radius 2 is 1.72 bits per heavy atom. The summed E-state index contributed by atoms with van der Waals surface area (Å²) in [6, 6.07) is 16.6. The van der Waals surface area contributed by atoms with Gasteiger partial charge in [0.2, 0.25) is 0 Å². The van der Waals surface area contributed by atoms with E-state index in [1.54, 1.807) is 4.90 Å².